The Bertz CT molecular complexity index is 896. The Balaban J connectivity index is 1.48. The normalized spacial score (nSPS) is 31.6. The summed E-state index contributed by atoms with van der Waals surface area (Å²) in [5.74, 6) is -0.0127. The van der Waals surface area contributed by atoms with Gasteiger partial charge in [-0.1, -0.05) is 13.3 Å². The van der Waals surface area contributed by atoms with Gasteiger partial charge in [0, 0.05) is 0 Å². The quantitative estimate of drug-likeness (QED) is 0.644. The number of nitrogens with two attached hydrogens (primary N) is 1. The molecule has 0 amide bonds. The number of nitrogen functional groups attached to an aromatic ring is 1. The minimum absolute atomic E-state index is 0.0136. The van der Waals surface area contributed by atoms with Gasteiger partial charge in [-0.2, -0.15) is 5.10 Å². The molecule has 3 heterocycles. The number of carbonyl (C=O) groups excluding carboxylic acids is 1. The molecule has 9 heteroatoms. The number of aliphatic hydroxyl groups is 2. The highest BCUT2D eigenvalue weighted by Gasteiger charge is 2.53. The number of aliphatic hydroxyl groups excluding tert-OH is 2. The number of rotatable bonds is 5. The first-order valence-corrected chi connectivity index (χ1v) is 9.50. The number of hydrogen-bond donors (Lipinski definition) is 3. The Hall–Kier alpha value is -2.23. The summed E-state index contributed by atoms with van der Waals surface area (Å²) < 4.78 is 12.9. The highest BCUT2D eigenvalue weighted by Crippen LogP contribution is 2.44. The molecule has 2 aliphatic rings. The fraction of sp³-hybridized carbons (Fsp3) is 0.632. The molecule has 0 bridgehead atoms. The van der Waals surface area contributed by atoms with Crippen molar-refractivity contribution in [3.63, 3.8) is 0 Å². The lowest BCUT2D eigenvalue weighted by atomic mass is 9.68. The van der Waals surface area contributed by atoms with E-state index in [1.807, 2.05) is 0 Å². The molecule has 2 aromatic heterocycles. The fourth-order valence-corrected chi connectivity index (χ4v) is 4.08. The van der Waals surface area contributed by atoms with Gasteiger partial charge < -0.3 is 25.4 Å². The number of fused-ring (bicyclic) bond motifs is 1. The summed E-state index contributed by atoms with van der Waals surface area (Å²) in [5.41, 5.74) is 5.74. The van der Waals surface area contributed by atoms with Crippen molar-refractivity contribution in [1.29, 1.82) is 0 Å². The number of esters is 1. The molecule has 1 aliphatic carbocycles. The largest absolute Gasteiger partial charge is 0.462 e. The SMILES string of the molecule is CC1(CC(=O)OC[C@@]2(C)O[C@@H](c3ccc4c(N)ncnn34)[C@H](O)[C@@H]2O)CCC1. The van der Waals surface area contributed by atoms with Gasteiger partial charge in [0.1, 0.15) is 42.4 Å². The lowest BCUT2D eigenvalue weighted by Crippen LogP contribution is -2.45. The second kappa shape index (κ2) is 6.68. The van der Waals surface area contributed by atoms with Crippen molar-refractivity contribution in [3.05, 3.63) is 24.2 Å². The Morgan fingerprint density at radius 1 is 1.39 bits per heavy atom. The van der Waals surface area contributed by atoms with Gasteiger partial charge in [0.25, 0.3) is 0 Å². The van der Waals surface area contributed by atoms with Crippen molar-refractivity contribution < 1.29 is 24.5 Å². The summed E-state index contributed by atoms with van der Waals surface area (Å²) in [7, 11) is 0. The third-order valence-electron chi connectivity index (χ3n) is 6.11. The Morgan fingerprint density at radius 2 is 2.14 bits per heavy atom. The molecule has 28 heavy (non-hydrogen) atoms. The Kier molecular flexibility index (Phi) is 4.56. The van der Waals surface area contributed by atoms with Gasteiger partial charge in [-0.25, -0.2) is 9.50 Å². The summed E-state index contributed by atoms with van der Waals surface area (Å²) in [5, 5.41) is 25.3. The van der Waals surface area contributed by atoms with Crippen LogP contribution in [-0.2, 0) is 14.3 Å². The van der Waals surface area contributed by atoms with Gasteiger partial charge in [-0.05, 0) is 37.3 Å². The zero-order valence-corrected chi connectivity index (χ0v) is 16.0. The van der Waals surface area contributed by atoms with Crippen LogP contribution >= 0.6 is 0 Å². The van der Waals surface area contributed by atoms with E-state index in [9.17, 15) is 15.0 Å². The zero-order chi connectivity index (χ0) is 20.1. The molecule has 0 radical (unpaired) electrons. The summed E-state index contributed by atoms with van der Waals surface area (Å²) in [6, 6.07) is 3.44. The molecule has 1 aliphatic heterocycles. The van der Waals surface area contributed by atoms with Gasteiger partial charge in [0.2, 0.25) is 0 Å². The lowest BCUT2D eigenvalue weighted by Gasteiger charge is -2.37. The van der Waals surface area contributed by atoms with E-state index in [1.165, 1.54) is 10.8 Å². The average molecular weight is 390 g/mol. The molecule has 0 spiro atoms. The minimum atomic E-state index is -1.23. The summed E-state index contributed by atoms with van der Waals surface area (Å²) >= 11 is 0. The van der Waals surface area contributed by atoms with E-state index in [4.69, 9.17) is 15.2 Å². The van der Waals surface area contributed by atoms with Gasteiger partial charge >= 0.3 is 5.97 Å². The van der Waals surface area contributed by atoms with Crippen LogP contribution in [0.3, 0.4) is 0 Å². The predicted molar refractivity (Wildman–Crippen MR) is 99.2 cm³/mol. The zero-order valence-electron chi connectivity index (χ0n) is 16.0. The molecule has 0 aromatic carbocycles. The minimum Gasteiger partial charge on any atom is -0.462 e. The number of anilines is 1. The molecule has 152 valence electrons. The maximum absolute atomic E-state index is 12.2. The second-order valence-corrected chi connectivity index (χ2v) is 8.49. The van der Waals surface area contributed by atoms with Crippen LogP contribution in [0.4, 0.5) is 5.82 Å². The number of carbonyl (C=O) groups is 1. The van der Waals surface area contributed by atoms with Gasteiger partial charge in [0.15, 0.2) is 5.82 Å². The molecule has 9 nitrogen and oxygen atoms in total. The van der Waals surface area contributed by atoms with Crippen molar-refractivity contribution in [1.82, 2.24) is 14.6 Å². The van der Waals surface area contributed by atoms with Crippen LogP contribution in [0.5, 0.6) is 0 Å². The molecule has 4 atom stereocenters. The van der Waals surface area contributed by atoms with Crippen molar-refractivity contribution in [3.8, 4) is 0 Å². The Labute approximate surface area is 162 Å². The summed E-state index contributed by atoms with van der Waals surface area (Å²) in [6.07, 6.45) is 1.56. The van der Waals surface area contributed by atoms with Gasteiger partial charge in [-0.3, -0.25) is 4.79 Å². The number of ether oxygens (including phenoxy) is 2. The molecule has 1 saturated heterocycles. The number of nitrogens with zero attached hydrogens (tertiary/aromatic N) is 3. The average Bonchev–Trinajstić information content (AvgIpc) is 3.15. The smallest absolute Gasteiger partial charge is 0.306 e. The molecule has 4 rings (SSSR count). The summed E-state index contributed by atoms with van der Waals surface area (Å²) in [6.45, 7) is 3.56. The second-order valence-electron chi connectivity index (χ2n) is 8.49. The topological polar surface area (TPSA) is 132 Å². The monoisotopic (exact) mass is 390 g/mol. The van der Waals surface area contributed by atoms with E-state index in [2.05, 4.69) is 17.0 Å². The molecular formula is C19H26N4O5. The number of hydrogen-bond acceptors (Lipinski definition) is 8. The van der Waals surface area contributed by atoms with Crippen molar-refractivity contribution in [2.45, 2.75) is 63.4 Å². The van der Waals surface area contributed by atoms with Crippen LogP contribution in [0, 0.1) is 5.41 Å². The van der Waals surface area contributed by atoms with Crippen LogP contribution < -0.4 is 5.73 Å². The first-order chi connectivity index (χ1) is 13.2. The third-order valence-corrected chi connectivity index (χ3v) is 6.11. The van der Waals surface area contributed by atoms with E-state index in [0.717, 1.165) is 19.3 Å². The molecule has 0 unspecified atom stereocenters. The first-order valence-electron chi connectivity index (χ1n) is 9.50. The maximum atomic E-state index is 12.2. The van der Waals surface area contributed by atoms with Crippen LogP contribution in [-0.4, -0.2) is 55.2 Å². The third kappa shape index (κ3) is 3.13. The van der Waals surface area contributed by atoms with E-state index < -0.39 is 23.9 Å². The van der Waals surface area contributed by atoms with Crippen molar-refractivity contribution in [2.75, 3.05) is 12.3 Å². The molecule has 2 fully saturated rings. The maximum Gasteiger partial charge on any atom is 0.306 e. The first kappa shape index (κ1) is 19.1. The molecule has 4 N–H and O–H groups in total. The van der Waals surface area contributed by atoms with E-state index >= 15 is 0 Å². The van der Waals surface area contributed by atoms with E-state index in [-0.39, 0.29) is 18.0 Å². The van der Waals surface area contributed by atoms with Crippen LogP contribution in [0.15, 0.2) is 18.5 Å². The molecular weight excluding hydrogens is 364 g/mol. The van der Waals surface area contributed by atoms with Gasteiger partial charge in [0.05, 0.1) is 12.1 Å². The highest BCUT2D eigenvalue weighted by molar-refractivity contribution is 5.70. The van der Waals surface area contributed by atoms with Crippen molar-refractivity contribution in [2.24, 2.45) is 5.41 Å². The van der Waals surface area contributed by atoms with Crippen LogP contribution in [0.1, 0.15) is 51.3 Å². The molecule has 1 saturated carbocycles. The van der Waals surface area contributed by atoms with Gasteiger partial charge in [-0.15, -0.1) is 0 Å². The standard InChI is InChI=1S/C19H26N4O5/c1-18(6-3-7-18)8-13(24)27-9-19(2)16(26)14(25)15(28-19)11-4-5-12-17(20)21-10-22-23(11)12/h4-5,10,14-16,25-26H,3,6-9H2,1-2H3,(H2,20,21,22)/t14-,15-,16-,19+/m0/s1. The van der Waals surface area contributed by atoms with Crippen LogP contribution in [0.2, 0.25) is 0 Å². The number of aromatic nitrogens is 3. The Morgan fingerprint density at radius 3 is 2.82 bits per heavy atom. The molecule has 2 aromatic rings. The highest BCUT2D eigenvalue weighted by atomic mass is 16.6. The fourth-order valence-electron chi connectivity index (χ4n) is 4.08. The van der Waals surface area contributed by atoms with Crippen LogP contribution in [0.25, 0.3) is 5.52 Å². The van der Waals surface area contributed by atoms with E-state index in [0.29, 0.717) is 23.4 Å². The lowest BCUT2D eigenvalue weighted by molar-refractivity contribution is -0.163. The van der Waals surface area contributed by atoms with E-state index in [1.54, 1.807) is 19.1 Å². The summed E-state index contributed by atoms with van der Waals surface area (Å²) in [4.78, 5) is 16.1. The van der Waals surface area contributed by atoms with Crippen molar-refractivity contribution >= 4 is 17.3 Å². The predicted octanol–water partition coefficient (Wildman–Crippen LogP) is 0.987.